The van der Waals surface area contributed by atoms with Crippen molar-refractivity contribution in [2.45, 2.75) is 15.2 Å². The lowest BCUT2D eigenvalue weighted by molar-refractivity contribution is 0.796. The average Bonchev–Trinajstić information content (AvgIpc) is 3.63. The molecule has 0 saturated heterocycles. The second-order valence-corrected chi connectivity index (χ2v) is 15.1. The molecule has 2 aliphatic carbocycles. The maximum absolute atomic E-state index is 2.52. The molecule has 0 aromatic heterocycles. The van der Waals surface area contributed by atoms with Gasteiger partial charge in [-0.1, -0.05) is 145 Å². The highest BCUT2D eigenvalue weighted by Crippen LogP contribution is 2.64. The molecule has 230 valence electrons. The highest BCUT2D eigenvalue weighted by molar-refractivity contribution is 7.99. The third-order valence-electron chi connectivity index (χ3n) is 11.6. The van der Waals surface area contributed by atoms with Crippen molar-refractivity contribution in [2.75, 3.05) is 0 Å². The molecule has 0 nitrogen and oxygen atoms in total. The van der Waals surface area contributed by atoms with Crippen LogP contribution in [0.1, 0.15) is 22.3 Å². The van der Waals surface area contributed by atoms with Gasteiger partial charge in [-0.15, -0.1) is 0 Å². The van der Waals surface area contributed by atoms with Gasteiger partial charge in [0, 0.05) is 15.2 Å². The lowest BCUT2D eigenvalue weighted by atomic mass is 9.70. The summed E-state index contributed by atoms with van der Waals surface area (Å²) in [7, 11) is 0. The van der Waals surface area contributed by atoms with E-state index in [9.17, 15) is 0 Å². The lowest BCUT2D eigenvalue weighted by Gasteiger charge is -2.31. The van der Waals surface area contributed by atoms with Gasteiger partial charge in [0.25, 0.3) is 0 Å². The Morgan fingerprint density at radius 3 is 1.94 bits per heavy atom. The zero-order valence-corrected chi connectivity index (χ0v) is 27.9. The summed E-state index contributed by atoms with van der Waals surface area (Å²) in [5.41, 5.74) is 15.6. The second kappa shape index (κ2) is 9.63. The molecule has 12 rings (SSSR count). The zero-order valence-electron chi connectivity index (χ0n) is 27.1. The van der Waals surface area contributed by atoms with Crippen LogP contribution in [0.2, 0.25) is 0 Å². The SMILES string of the molecule is c1ccc2c(c1)-c1ccc(-c3ccc4c(c3)-c3cccc5cccc(c35)S4)cc1C21c2cc3ccccc3cc2-c2c1ccc1ccccc21. The largest absolute Gasteiger partial charge is 0.0888 e. The number of rotatable bonds is 1. The third-order valence-corrected chi connectivity index (χ3v) is 12.8. The molecule has 1 spiro atoms. The molecular formula is C49H28S. The van der Waals surface area contributed by atoms with Crippen LogP contribution in [-0.4, -0.2) is 0 Å². The Hall–Kier alpha value is -5.89. The number of hydrogen-bond acceptors (Lipinski definition) is 1. The van der Waals surface area contributed by atoms with Gasteiger partial charge in [-0.3, -0.25) is 0 Å². The Bertz CT molecular complexity index is 2960. The number of hydrogen-bond donors (Lipinski definition) is 0. The van der Waals surface area contributed by atoms with Crippen molar-refractivity contribution in [3.05, 3.63) is 192 Å². The van der Waals surface area contributed by atoms with Crippen LogP contribution in [0.15, 0.2) is 180 Å². The van der Waals surface area contributed by atoms with E-state index in [0.717, 1.165) is 0 Å². The molecule has 0 radical (unpaired) electrons. The normalized spacial score (nSPS) is 16.0. The van der Waals surface area contributed by atoms with Gasteiger partial charge in [0.15, 0.2) is 0 Å². The molecule has 1 aliphatic heterocycles. The Balaban J connectivity index is 1.16. The highest BCUT2D eigenvalue weighted by Gasteiger charge is 2.52. The van der Waals surface area contributed by atoms with Crippen LogP contribution in [0.5, 0.6) is 0 Å². The highest BCUT2D eigenvalue weighted by atomic mass is 32.2. The van der Waals surface area contributed by atoms with Crippen molar-refractivity contribution in [1.82, 2.24) is 0 Å². The van der Waals surface area contributed by atoms with Gasteiger partial charge >= 0.3 is 0 Å². The molecule has 0 amide bonds. The van der Waals surface area contributed by atoms with Gasteiger partial charge in [0.05, 0.1) is 5.41 Å². The molecule has 1 heterocycles. The van der Waals surface area contributed by atoms with Gasteiger partial charge in [0.2, 0.25) is 0 Å². The van der Waals surface area contributed by atoms with Crippen LogP contribution < -0.4 is 0 Å². The first-order chi connectivity index (χ1) is 24.8. The summed E-state index contributed by atoms with van der Waals surface area (Å²) in [6, 6.07) is 64.4. The van der Waals surface area contributed by atoms with Crippen LogP contribution in [0.25, 0.3) is 76.8 Å². The molecule has 50 heavy (non-hydrogen) atoms. The maximum atomic E-state index is 2.52. The van der Waals surface area contributed by atoms with Crippen molar-refractivity contribution < 1.29 is 0 Å². The fourth-order valence-electron chi connectivity index (χ4n) is 9.56. The minimum Gasteiger partial charge on any atom is -0.0888 e. The molecule has 0 bridgehead atoms. The van der Waals surface area contributed by atoms with E-state index in [1.807, 2.05) is 11.8 Å². The first-order valence-corrected chi connectivity index (χ1v) is 18.2. The van der Waals surface area contributed by atoms with Crippen LogP contribution in [0.3, 0.4) is 0 Å². The molecule has 0 fully saturated rings. The number of benzene rings is 9. The predicted octanol–water partition coefficient (Wildman–Crippen LogP) is 13.3. The van der Waals surface area contributed by atoms with E-state index in [4.69, 9.17) is 0 Å². The fraction of sp³-hybridized carbons (Fsp3) is 0.0204. The van der Waals surface area contributed by atoms with Gasteiger partial charge in [-0.2, -0.15) is 0 Å². The molecule has 1 atom stereocenters. The smallest absolute Gasteiger partial charge is 0.0726 e. The van der Waals surface area contributed by atoms with E-state index < -0.39 is 5.41 Å². The molecular weight excluding hydrogens is 621 g/mol. The summed E-state index contributed by atoms with van der Waals surface area (Å²) < 4.78 is 0. The summed E-state index contributed by atoms with van der Waals surface area (Å²) in [4.78, 5) is 2.66. The Labute approximate surface area is 294 Å². The first kappa shape index (κ1) is 27.0. The standard InChI is InChI=1S/C49H28S/c1-2-11-32-27-44-40(26-31(32)10-1)48-35-14-4-3-9-29(35)20-23-42(48)49(44)41-17-6-5-15-36(41)37-22-19-34(28-43(37)49)33-21-24-45-39(25-33)38-16-7-12-30-13-8-18-46(50-45)47(30)38/h1-28H. The lowest BCUT2D eigenvalue weighted by Crippen LogP contribution is -2.26. The monoisotopic (exact) mass is 648 g/mol. The zero-order chi connectivity index (χ0) is 32.6. The third kappa shape index (κ3) is 3.33. The predicted molar refractivity (Wildman–Crippen MR) is 210 cm³/mol. The second-order valence-electron chi connectivity index (χ2n) is 14.0. The van der Waals surface area contributed by atoms with Gasteiger partial charge in [0.1, 0.15) is 0 Å². The van der Waals surface area contributed by atoms with E-state index in [1.165, 1.54) is 109 Å². The van der Waals surface area contributed by atoms with E-state index in [2.05, 4.69) is 170 Å². The Morgan fingerprint density at radius 1 is 0.340 bits per heavy atom. The van der Waals surface area contributed by atoms with E-state index in [-0.39, 0.29) is 0 Å². The number of fused-ring (bicyclic) bond motifs is 15. The van der Waals surface area contributed by atoms with E-state index in [1.54, 1.807) is 0 Å². The van der Waals surface area contributed by atoms with Crippen molar-refractivity contribution in [3.8, 4) is 44.5 Å². The first-order valence-electron chi connectivity index (χ1n) is 17.4. The Kier molecular flexibility index (Phi) is 5.20. The quantitative estimate of drug-likeness (QED) is 0.171. The summed E-state index contributed by atoms with van der Waals surface area (Å²) in [6.07, 6.45) is 0. The van der Waals surface area contributed by atoms with Crippen LogP contribution >= 0.6 is 11.8 Å². The van der Waals surface area contributed by atoms with Crippen molar-refractivity contribution in [1.29, 1.82) is 0 Å². The van der Waals surface area contributed by atoms with Gasteiger partial charge < -0.3 is 0 Å². The molecule has 1 heteroatoms. The van der Waals surface area contributed by atoms with Gasteiger partial charge in [-0.25, -0.2) is 0 Å². The fourth-order valence-corrected chi connectivity index (χ4v) is 10.7. The molecule has 1 unspecified atom stereocenters. The van der Waals surface area contributed by atoms with Crippen molar-refractivity contribution in [3.63, 3.8) is 0 Å². The van der Waals surface area contributed by atoms with Crippen molar-refractivity contribution in [2.24, 2.45) is 0 Å². The van der Waals surface area contributed by atoms with E-state index in [0.29, 0.717) is 0 Å². The summed E-state index contributed by atoms with van der Waals surface area (Å²) in [5.74, 6) is 0. The minimum atomic E-state index is -0.421. The van der Waals surface area contributed by atoms with E-state index >= 15 is 0 Å². The minimum absolute atomic E-state index is 0.421. The summed E-state index contributed by atoms with van der Waals surface area (Å²) in [6.45, 7) is 0. The van der Waals surface area contributed by atoms with Crippen LogP contribution in [0, 0.1) is 0 Å². The summed E-state index contributed by atoms with van der Waals surface area (Å²) >= 11 is 1.89. The van der Waals surface area contributed by atoms with Gasteiger partial charge in [-0.05, 0) is 130 Å². The molecule has 9 aromatic rings. The molecule has 0 N–H and O–H groups in total. The summed E-state index contributed by atoms with van der Waals surface area (Å²) in [5, 5.41) is 7.84. The van der Waals surface area contributed by atoms with Crippen LogP contribution in [-0.2, 0) is 5.41 Å². The molecule has 9 aromatic carbocycles. The Morgan fingerprint density at radius 2 is 1.02 bits per heavy atom. The molecule has 3 aliphatic rings. The average molecular weight is 649 g/mol. The van der Waals surface area contributed by atoms with Crippen LogP contribution in [0.4, 0.5) is 0 Å². The topological polar surface area (TPSA) is 0 Å². The van der Waals surface area contributed by atoms with Crippen molar-refractivity contribution >= 4 is 44.1 Å². The maximum Gasteiger partial charge on any atom is 0.0726 e. The molecule has 0 saturated carbocycles.